The maximum Gasteiger partial charge on any atom is 0.509 e. The minimum atomic E-state index is -1.22. The topological polar surface area (TPSA) is 72.8 Å². The lowest BCUT2D eigenvalue weighted by Gasteiger charge is -2.11. The summed E-state index contributed by atoms with van der Waals surface area (Å²) in [6.45, 7) is 0. The molecule has 5 heteroatoms. The molecule has 2 rings (SSSR count). The van der Waals surface area contributed by atoms with Gasteiger partial charge in [-0.25, -0.2) is 9.59 Å². The Morgan fingerprint density at radius 1 is 1.25 bits per heavy atom. The van der Waals surface area contributed by atoms with E-state index in [2.05, 4.69) is 4.74 Å². The van der Waals surface area contributed by atoms with Gasteiger partial charge in [0, 0.05) is 6.42 Å². The molecule has 84 valence electrons. The van der Waals surface area contributed by atoms with Crippen LogP contribution in [0.3, 0.4) is 0 Å². The van der Waals surface area contributed by atoms with Gasteiger partial charge in [0.25, 0.3) is 0 Å². The van der Waals surface area contributed by atoms with Crippen molar-refractivity contribution in [3.05, 3.63) is 35.9 Å². The smallest absolute Gasteiger partial charge is 0.478 e. The molecule has 1 aliphatic heterocycles. The summed E-state index contributed by atoms with van der Waals surface area (Å²) >= 11 is 0. The lowest BCUT2D eigenvalue weighted by atomic mass is 10.0. The summed E-state index contributed by atoms with van der Waals surface area (Å²) in [4.78, 5) is 21.6. The van der Waals surface area contributed by atoms with E-state index in [0.717, 1.165) is 5.56 Å². The highest BCUT2D eigenvalue weighted by Crippen LogP contribution is 2.19. The van der Waals surface area contributed by atoms with E-state index in [1.165, 1.54) is 0 Å². The number of carboxylic acids is 1. The van der Waals surface area contributed by atoms with Crippen LogP contribution in [0.5, 0.6) is 0 Å². The SMILES string of the molecule is O=C1OC(Cc2ccccc2)C(C(=O)O)O1. The molecule has 5 nitrogen and oxygen atoms in total. The van der Waals surface area contributed by atoms with Gasteiger partial charge >= 0.3 is 12.1 Å². The van der Waals surface area contributed by atoms with Crippen molar-refractivity contribution < 1.29 is 24.2 Å². The first-order chi connectivity index (χ1) is 7.66. The minimum Gasteiger partial charge on any atom is -0.478 e. The predicted molar refractivity (Wildman–Crippen MR) is 52.9 cm³/mol. The number of hydrogen-bond acceptors (Lipinski definition) is 4. The molecule has 1 heterocycles. The van der Waals surface area contributed by atoms with Crippen LogP contribution in [-0.2, 0) is 20.7 Å². The second-order valence-electron chi connectivity index (χ2n) is 3.47. The number of carbonyl (C=O) groups is 2. The number of cyclic esters (lactones) is 2. The van der Waals surface area contributed by atoms with Crippen molar-refractivity contribution in [3.63, 3.8) is 0 Å². The Balaban J connectivity index is 2.09. The number of aliphatic carboxylic acids is 1. The summed E-state index contributed by atoms with van der Waals surface area (Å²) in [5.41, 5.74) is 0.900. The standard InChI is InChI=1S/C11H10O5/c12-10(13)9-8(15-11(14)16-9)6-7-4-2-1-3-5-7/h1-5,8-9H,6H2,(H,12,13). The molecule has 0 radical (unpaired) electrons. The van der Waals surface area contributed by atoms with Crippen molar-refractivity contribution in [1.82, 2.24) is 0 Å². The molecule has 2 atom stereocenters. The van der Waals surface area contributed by atoms with Crippen LogP contribution in [0.15, 0.2) is 30.3 Å². The number of carboxylic acid groups (broad SMARTS) is 1. The fourth-order valence-corrected chi connectivity index (χ4v) is 1.60. The number of benzene rings is 1. The third-order valence-electron chi connectivity index (χ3n) is 2.33. The van der Waals surface area contributed by atoms with Crippen molar-refractivity contribution in [2.45, 2.75) is 18.6 Å². The van der Waals surface area contributed by atoms with Gasteiger partial charge < -0.3 is 14.6 Å². The molecule has 0 bridgehead atoms. The first-order valence-corrected chi connectivity index (χ1v) is 4.81. The summed E-state index contributed by atoms with van der Waals surface area (Å²) < 4.78 is 9.34. The van der Waals surface area contributed by atoms with E-state index in [4.69, 9.17) is 9.84 Å². The summed E-state index contributed by atoms with van der Waals surface area (Å²) in [7, 11) is 0. The van der Waals surface area contributed by atoms with Gasteiger partial charge in [0.1, 0.15) is 0 Å². The Labute approximate surface area is 91.6 Å². The Kier molecular flexibility index (Phi) is 2.76. The normalized spacial score (nSPS) is 23.6. The fraction of sp³-hybridized carbons (Fsp3) is 0.273. The molecule has 16 heavy (non-hydrogen) atoms. The van der Waals surface area contributed by atoms with Gasteiger partial charge in [-0.3, -0.25) is 0 Å². The monoisotopic (exact) mass is 222 g/mol. The maximum atomic E-state index is 10.9. The molecule has 0 aromatic heterocycles. The molecule has 0 amide bonds. The Bertz CT molecular complexity index is 400. The second-order valence-corrected chi connectivity index (χ2v) is 3.47. The van der Waals surface area contributed by atoms with Crippen molar-refractivity contribution in [1.29, 1.82) is 0 Å². The number of ether oxygens (including phenoxy) is 2. The van der Waals surface area contributed by atoms with Gasteiger partial charge in [-0.05, 0) is 5.56 Å². The molecule has 0 aliphatic carbocycles. The van der Waals surface area contributed by atoms with Crippen LogP contribution in [0.1, 0.15) is 5.56 Å². The average Bonchev–Trinajstić information content (AvgIpc) is 2.61. The fourth-order valence-electron chi connectivity index (χ4n) is 1.60. The van der Waals surface area contributed by atoms with Gasteiger partial charge in [-0.15, -0.1) is 0 Å². The van der Waals surface area contributed by atoms with E-state index in [1.54, 1.807) is 0 Å². The van der Waals surface area contributed by atoms with Crippen molar-refractivity contribution in [2.75, 3.05) is 0 Å². The molecular formula is C11H10O5. The van der Waals surface area contributed by atoms with Crippen molar-refractivity contribution in [2.24, 2.45) is 0 Å². The third kappa shape index (κ3) is 2.13. The summed E-state index contributed by atoms with van der Waals surface area (Å²) in [5, 5.41) is 8.82. The molecule has 1 aromatic carbocycles. The van der Waals surface area contributed by atoms with Gasteiger partial charge in [-0.1, -0.05) is 30.3 Å². The van der Waals surface area contributed by atoms with E-state index in [9.17, 15) is 9.59 Å². The zero-order valence-electron chi connectivity index (χ0n) is 8.33. The lowest BCUT2D eigenvalue weighted by Crippen LogP contribution is -2.32. The highest BCUT2D eigenvalue weighted by molar-refractivity contribution is 5.79. The zero-order chi connectivity index (χ0) is 11.5. The van der Waals surface area contributed by atoms with E-state index in [-0.39, 0.29) is 0 Å². The average molecular weight is 222 g/mol. The zero-order valence-corrected chi connectivity index (χ0v) is 8.33. The Morgan fingerprint density at radius 2 is 1.94 bits per heavy atom. The van der Waals surface area contributed by atoms with Crippen molar-refractivity contribution in [3.8, 4) is 0 Å². The lowest BCUT2D eigenvalue weighted by molar-refractivity contribution is -0.146. The third-order valence-corrected chi connectivity index (χ3v) is 2.33. The molecule has 2 unspecified atom stereocenters. The Morgan fingerprint density at radius 3 is 2.56 bits per heavy atom. The van der Waals surface area contributed by atoms with E-state index >= 15 is 0 Å². The number of hydrogen-bond donors (Lipinski definition) is 1. The van der Waals surface area contributed by atoms with Gasteiger partial charge in [-0.2, -0.15) is 0 Å². The molecule has 1 aromatic rings. The van der Waals surface area contributed by atoms with Crippen LogP contribution in [-0.4, -0.2) is 29.4 Å². The molecule has 1 saturated heterocycles. The van der Waals surface area contributed by atoms with E-state index < -0.39 is 24.3 Å². The van der Waals surface area contributed by atoms with E-state index in [0.29, 0.717) is 6.42 Å². The largest absolute Gasteiger partial charge is 0.509 e. The van der Waals surface area contributed by atoms with Crippen LogP contribution >= 0.6 is 0 Å². The van der Waals surface area contributed by atoms with Gasteiger partial charge in [0.05, 0.1) is 0 Å². The van der Waals surface area contributed by atoms with Crippen LogP contribution in [0, 0.1) is 0 Å². The van der Waals surface area contributed by atoms with Gasteiger partial charge in [0.2, 0.25) is 6.10 Å². The highest BCUT2D eigenvalue weighted by Gasteiger charge is 2.41. The first-order valence-electron chi connectivity index (χ1n) is 4.81. The van der Waals surface area contributed by atoms with Crippen LogP contribution in [0.25, 0.3) is 0 Å². The van der Waals surface area contributed by atoms with Crippen LogP contribution in [0.4, 0.5) is 4.79 Å². The number of rotatable bonds is 3. The van der Waals surface area contributed by atoms with E-state index in [1.807, 2.05) is 30.3 Å². The molecule has 1 fully saturated rings. The summed E-state index contributed by atoms with van der Waals surface area (Å²) in [6.07, 6.45) is -2.56. The minimum absolute atomic E-state index is 0.337. The molecule has 0 spiro atoms. The Hall–Kier alpha value is -2.04. The predicted octanol–water partition coefficient (Wildman–Crippen LogP) is 1.22. The maximum absolute atomic E-state index is 10.9. The summed E-state index contributed by atoms with van der Waals surface area (Å²) in [5.74, 6) is -1.19. The highest BCUT2D eigenvalue weighted by atomic mass is 16.8. The molecule has 1 N–H and O–H groups in total. The first kappa shape index (κ1) is 10.5. The quantitative estimate of drug-likeness (QED) is 0.778. The summed E-state index contributed by atoms with van der Waals surface area (Å²) in [6, 6.07) is 9.21. The second kappa shape index (κ2) is 4.22. The molecule has 1 aliphatic rings. The van der Waals surface area contributed by atoms with Crippen LogP contribution < -0.4 is 0 Å². The molecular weight excluding hydrogens is 212 g/mol. The van der Waals surface area contributed by atoms with Crippen molar-refractivity contribution >= 4 is 12.1 Å². The van der Waals surface area contributed by atoms with Crippen LogP contribution in [0.2, 0.25) is 0 Å². The van der Waals surface area contributed by atoms with Gasteiger partial charge in [0.15, 0.2) is 6.10 Å². The number of carbonyl (C=O) groups excluding carboxylic acids is 1. The molecule has 0 saturated carbocycles.